The highest BCUT2D eigenvalue weighted by molar-refractivity contribution is 5.93. The van der Waals surface area contributed by atoms with E-state index in [1.54, 1.807) is 36.9 Å². The number of carbonyl (C=O) groups excluding carboxylic acids is 3. The molecule has 0 bridgehead atoms. The molecular formula is C25H38N6O4. The van der Waals surface area contributed by atoms with E-state index in [2.05, 4.69) is 10.3 Å². The first-order chi connectivity index (χ1) is 17.1. The highest BCUT2D eigenvalue weighted by Gasteiger charge is 2.37. The number of hydrogen-bond donors (Lipinski definition) is 3. The Morgan fingerprint density at radius 2 is 2.00 bits per heavy atom. The molecule has 1 aliphatic carbocycles. The first-order valence-electron chi connectivity index (χ1n) is 13.0. The van der Waals surface area contributed by atoms with E-state index in [0.717, 1.165) is 32.1 Å². The van der Waals surface area contributed by atoms with Gasteiger partial charge in [0.1, 0.15) is 29.7 Å². The maximum Gasteiger partial charge on any atom is 0.411 e. The second kappa shape index (κ2) is 11.5. The normalized spacial score (nSPS) is 19.1. The van der Waals surface area contributed by atoms with Crippen molar-refractivity contribution < 1.29 is 20.5 Å². The lowest BCUT2D eigenvalue weighted by Crippen LogP contribution is -2.52. The van der Waals surface area contributed by atoms with Crippen molar-refractivity contribution in [3.63, 3.8) is 0 Å². The lowest BCUT2D eigenvalue weighted by Gasteiger charge is -2.36. The Kier molecular flexibility index (Phi) is 8.20. The molecule has 1 aromatic rings. The van der Waals surface area contributed by atoms with Crippen LogP contribution in [0.1, 0.15) is 78.5 Å². The molecule has 2 fully saturated rings. The van der Waals surface area contributed by atoms with Crippen molar-refractivity contribution in [1.29, 1.82) is 5.41 Å². The summed E-state index contributed by atoms with van der Waals surface area (Å²) in [6.45, 7) is 3.73. The lowest BCUT2D eigenvalue weighted by atomic mass is 9.94. The zero-order valence-electron chi connectivity index (χ0n) is 21.7. The molecular weight excluding hydrogens is 448 g/mol. The SMILES string of the molecule is [2H]CC(C)(C)OC(=O)N(CC(=O)N1CCC[C@H]1C(=O)NCc1cccc(C(=N)N)n1)C1CCCCC1. The zero-order chi connectivity index (χ0) is 26.3. The van der Waals surface area contributed by atoms with E-state index in [0.29, 0.717) is 30.8 Å². The minimum Gasteiger partial charge on any atom is -0.444 e. The van der Waals surface area contributed by atoms with Gasteiger partial charge in [0, 0.05) is 14.0 Å². The minimum atomic E-state index is -0.948. The van der Waals surface area contributed by atoms with E-state index in [4.69, 9.17) is 17.3 Å². The van der Waals surface area contributed by atoms with E-state index in [1.165, 1.54) is 4.90 Å². The van der Waals surface area contributed by atoms with Gasteiger partial charge in [-0.15, -0.1) is 0 Å². The van der Waals surface area contributed by atoms with E-state index >= 15 is 0 Å². The third kappa shape index (κ3) is 7.40. The van der Waals surface area contributed by atoms with Gasteiger partial charge < -0.3 is 20.7 Å². The van der Waals surface area contributed by atoms with Gasteiger partial charge in [0.25, 0.3) is 0 Å². The maximum absolute atomic E-state index is 13.4. The van der Waals surface area contributed by atoms with Gasteiger partial charge in [-0.05, 0) is 58.6 Å². The molecule has 192 valence electrons. The van der Waals surface area contributed by atoms with Gasteiger partial charge in [0.15, 0.2) is 0 Å². The average Bonchev–Trinajstić information content (AvgIpc) is 3.36. The Morgan fingerprint density at radius 3 is 2.69 bits per heavy atom. The summed E-state index contributed by atoms with van der Waals surface area (Å²) < 4.78 is 13.2. The average molecular weight is 488 g/mol. The van der Waals surface area contributed by atoms with Gasteiger partial charge in [-0.3, -0.25) is 19.9 Å². The van der Waals surface area contributed by atoms with Crippen LogP contribution in [0.25, 0.3) is 0 Å². The fraction of sp³-hybridized carbons (Fsp3) is 0.640. The van der Waals surface area contributed by atoms with Gasteiger partial charge in [-0.25, -0.2) is 9.78 Å². The molecule has 4 N–H and O–H groups in total. The highest BCUT2D eigenvalue weighted by Crippen LogP contribution is 2.25. The number of amidine groups is 1. The second-order valence-electron chi connectivity index (χ2n) is 9.94. The van der Waals surface area contributed by atoms with Crippen LogP contribution in [-0.2, 0) is 20.9 Å². The van der Waals surface area contributed by atoms with Gasteiger partial charge in [0.05, 0.1) is 12.2 Å². The maximum atomic E-state index is 13.4. The molecule has 1 aliphatic heterocycles. The third-order valence-corrected chi connectivity index (χ3v) is 6.32. The first-order valence-corrected chi connectivity index (χ1v) is 12.3. The van der Waals surface area contributed by atoms with Crippen LogP contribution < -0.4 is 11.1 Å². The standard InChI is InChI=1S/C25H38N6O4/c1-25(2,3)35-24(34)31(18-10-5-4-6-11-18)16-21(32)30-14-8-13-20(30)23(33)28-15-17-9-7-12-19(29-17)22(26)27/h7,9,12,18,20H,4-6,8,10-11,13-16H2,1-3H3,(H3,26,27)(H,28,33)/t20-/m0/s1/i1D. The van der Waals surface area contributed by atoms with Gasteiger partial charge in [-0.1, -0.05) is 25.3 Å². The van der Waals surface area contributed by atoms with E-state index in [1.807, 2.05) is 0 Å². The van der Waals surface area contributed by atoms with Crippen molar-refractivity contribution in [2.24, 2.45) is 5.73 Å². The van der Waals surface area contributed by atoms with Gasteiger partial charge in [-0.2, -0.15) is 0 Å². The minimum absolute atomic E-state index is 0.0796. The number of nitrogens with one attached hydrogen (secondary N) is 2. The Balaban J connectivity index is 1.65. The molecule has 0 aromatic carbocycles. The number of carbonyl (C=O) groups is 3. The lowest BCUT2D eigenvalue weighted by molar-refractivity contribution is -0.139. The third-order valence-electron chi connectivity index (χ3n) is 6.32. The number of hydrogen-bond acceptors (Lipinski definition) is 6. The quantitative estimate of drug-likeness (QED) is 0.399. The van der Waals surface area contributed by atoms with Crippen molar-refractivity contribution in [3.8, 4) is 0 Å². The first kappa shape index (κ1) is 24.9. The molecule has 2 aliphatic rings. The summed E-state index contributed by atoms with van der Waals surface area (Å²) in [6, 6.07) is 4.36. The van der Waals surface area contributed by atoms with Crippen molar-refractivity contribution in [1.82, 2.24) is 20.1 Å². The Bertz CT molecular complexity index is 966. The van der Waals surface area contributed by atoms with Crippen molar-refractivity contribution in [3.05, 3.63) is 29.6 Å². The van der Waals surface area contributed by atoms with Crippen LogP contribution in [0.2, 0.25) is 0 Å². The molecule has 0 spiro atoms. The summed E-state index contributed by atoms with van der Waals surface area (Å²) in [5, 5.41) is 10.4. The number of nitrogens with zero attached hydrogens (tertiary/aromatic N) is 3. The molecule has 1 aromatic heterocycles. The van der Waals surface area contributed by atoms with E-state index < -0.39 is 17.7 Å². The molecule has 1 saturated heterocycles. The van der Waals surface area contributed by atoms with Crippen LogP contribution in [0.15, 0.2) is 18.2 Å². The second-order valence-corrected chi connectivity index (χ2v) is 9.94. The number of nitrogens with two attached hydrogens (primary N) is 1. The summed E-state index contributed by atoms with van der Waals surface area (Å²) in [5.74, 6) is -0.712. The van der Waals surface area contributed by atoms with Crippen LogP contribution >= 0.6 is 0 Å². The largest absolute Gasteiger partial charge is 0.444 e. The Labute approximate surface area is 208 Å². The van der Waals surface area contributed by atoms with Crippen LogP contribution in [0, 0.1) is 5.41 Å². The van der Waals surface area contributed by atoms with E-state index in [9.17, 15) is 14.4 Å². The smallest absolute Gasteiger partial charge is 0.411 e. The zero-order valence-corrected chi connectivity index (χ0v) is 20.7. The number of nitrogen functional groups attached to an aromatic ring is 1. The van der Waals surface area contributed by atoms with Crippen LogP contribution in [0.3, 0.4) is 0 Å². The van der Waals surface area contributed by atoms with Crippen LogP contribution in [0.4, 0.5) is 4.79 Å². The molecule has 1 atom stereocenters. The molecule has 1 saturated carbocycles. The fourth-order valence-electron chi connectivity index (χ4n) is 4.63. The van der Waals surface area contributed by atoms with Crippen molar-refractivity contribution >= 4 is 23.7 Å². The monoisotopic (exact) mass is 487 g/mol. The molecule has 0 unspecified atom stereocenters. The number of ether oxygens (including phenoxy) is 1. The molecule has 0 radical (unpaired) electrons. The molecule has 2 heterocycles. The summed E-state index contributed by atoms with van der Waals surface area (Å²) in [5.41, 5.74) is 5.44. The van der Waals surface area contributed by atoms with E-state index in [-0.39, 0.29) is 43.7 Å². The van der Waals surface area contributed by atoms with Gasteiger partial charge >= 0.3 is 6.09 Å². The summed E-state index contributed by atoms with van der Waals surface area (Å²) in [6.07, 6.45) is 5.34. The molecule has 3 rings (SSSR count). The van der Waals surface area contributed by atoms with Crippen LogP contribution in [0.5, 0.6) is 0 Å². The molecule has 3 amide bonds. The highest BCUT2D eigenvalue weighted by atomic mass is 16.6. The molecule has 10 heteroatoms. The summed E-state index contributed by atoms with van der Waals surface area (Å²) in [7, 11) is 0. The predicted octanol–water partition coefficient (Wildman–Crippen LogP) is 2.54. The topological polar surface area (TPSA) is 142 Å². The number of likely N-dealkylation sites (tertiary alicyclic amines) is 1. The summed E-state index contributed by atoms with van der Waals surface area (Å²) in [4.78, 5) is 46.7. The van der Waals surface area contributed by atoms with Crippen LogP contribution in [-0.4, -0.2) is 69.3 Å². The number of rotatable bonds is 7. The van der Waals surface area contributed by atoms with Gasteiger partial charge in [0.2, 0.25) is 11.8 Å². The Morgan fingerprint density at radius 1 is 1.26 bits per heavy atom. The molecule has 10 nitrogen and oxygen atoms in total. The number of amides is 3. The fourth-order valence-corrected chi connectivity index (χ4v) is 4.63. The Hall–Kier alpha value is -3.17. The predicted molar refractivity (Wildman–Crippen MR) is 132 cm³/mol. The summed E-state index contributed by atoms with van der Waals surface area (Å²) >= 11 is 0. The number of pyridine rings is 1. The van der Waals surface area contributed by atoms with Crippen molar-refractivity contribution in [2.75, 3.05) is 13.1 Å². The number of aromatic nitrogens is 1. The molecule has 35 heavy (non-hydrogen) atoms. The van der Waals surface area contributed by atoms with Crippen molar-refractivity contribution in [2.45, 2.75) is 89.9 Å².